The summed E-state index contributed by atoms with van der Waals surface area (Å²) < 4.78 is 0. The molecule has 0 saturated carbocycles. The van der Waals surface area contributed by atoms with E-state index in [-0.39, 0.29) is 0 Å². The monoisotopic (exact) mass is 284 g/mol. The van der Waals surface area contributed by atoms with Gasteiger partial charge in [0, 0.05) is 6.61 Å². The molecule has 0 aromatic rings. The molecule has 1 nitrogen and oxygen atoms in total. The van der Waals surface area contributed by atoms with Crippen LogP contribution in [0.1, 0.15) is 110 Å². The van der Waals surface area contributed by atoms with Crippen molar-refractivity contribution in [2.45, 2.75) is 110 Å². The van der Waals surface area contributed by atoms with E-state index in [1.807, 2.05) is 0 Å². The van der Waals surface area contributed by atoms with Crippen LogP contribution in [0.25, 0.3) is 0 Å². The molecular formula is C19H40O. The lowest BCUT2D eigenvalue weighted by atomic mass is 9.96. The largest absolute Gasteiger partial charge is 0.396 e. The van der Waals surface area contributed by atoms with Gasteiger partial charge >= 0.3 is 0 Å². The van der Waals surface area contributed by atoms with Gasteiger partial charge in [0.15, 0.2) is 0 Å². The lowest BCUT2D eigenvalue weighted by Crippen LogP contribution is -1.95. The summed E-state index contributed by atoms with van der Waals surface area (Å²) in [6, 6.07) is 0. The van der Waals surface area contributed by atoms with Crippen LogP contribution in [-0.2, 0) is 0 Å². The molecule has 0 aliphatic heterocycles. The molecule has 0 spiro atoms. The number of unbranched alkanes of at least 4 members (excludes halogenated alkanes) is 11. The van der Waals surface area contributed by atoms with Crippen molar-refractivity contribution in [1.82, 2.24) is 0 Å². The average Bonchev–Trinajstić information content (AvgIpc) is 2.45. The highest BCUT2D eigenvalue weighted by molar-refractivity contribution is 4.55. The first-order valence-electron chi connectivity index (χ1n) is 9.42. The summed E-state index contributed by atoms with van der Waals surface area (Å²) in [5.74, 6) is 0.924. The number of rotatable bonds is 16. The van der Waals surface area contributed by atoms with Crippen molar-refractivity contribution in [3.63, 3.8) is 0 Å². The molecule has 0 bridgehead atoms. The van der Waals surface area contributed by atoms with Gasteiger partial charge in [0.1, 0.15) is 0 Å². The van der Waals surface area contributed by atoms with E-state index in [9.17, 15) is 0 Å². The van der Waals surface area contributed by atoms with Gasteiger partial charge in [-0.25, -0.2) is 0 Å². The van der Waals surface area contributed by atoms with Gasteiger partial charge in [-0.1, -0.05) is 104 Å². The molecule has 0 aliphatic carbocycles. The lowest BCUT2D eigenvalue weighted by Gasteiger charge is -2.11. The van der Waals surface area contributed by atoms with Crippen LogP contribution in [0.15, 0.2) is 0 Å². The molecule has 1 atom stereocenters. The molecule has 0 amide bonds. The van der Waals surface area contributed by atoms with Crippen molar-refractivity contribution in [3.8, 4) is 0 Å². The maximum absolute atomic E-state index is 8.71. The summed E-state index contributed by atoms with van der Waals surface area (Å²) in [4.78, 5) is 0. The van der Waals surface area contributed by atoms with Crippen LogP contribution in [-0.4, -0.2) is 11.7 Å². The second-order valence-corrected chi connectivity index (χ2v) is 6.65. The third-order valence-electron chi connectivity index (χ3n) is 4.41. The molecule has 0 heterocycles. The van der Waals surface area contributed by atoms with E-state index in [1.165, 1.54) is 89.9 Å². The van der Waals surface area contributed by atoms with Crippen molar-refractivity contribution in [2.24, 2.45) is 5.92 Å². The second-order valence-electron chi connectivity index (χ2n) is 6.65. The van der Waals surface area contributed by atoms with Crippen LogP contribution < -0.4 is 0 Å². The molecular weight excluding hydrogens is 244 g/mol. The van der Waals surface area contributed by atoms with Gasteiger partial charge in [0.25, 0.3) is 0 Å². The number of aliphatic hydroxyl groups is 1. The zero-order chi connectivity index (χ0) is 14.9. The van der Waals surface area contributed by atoms with Crippen molar-refractivity contribution in [3.05, 3.63) is 0 Å². The summed E-state index contributed by atoms with van der Waals surface area (Å²) in [5.41, 5.74) is 0. The van der Waals surface area contributed by atoms with Crippen LogP contribution >= 0.6 is 0 Å². The molecule has 1 heteroatoms. The highest BCUT2D eigenvalue weighted by Gasteiger charge is 2.02. The molecule has 20 heavy (non-hydrogen) atoms. The zero-order valence-corrected chi connectivity index (χ0v) is 14.3. The minimum absolute atomic E-state index is 0.370. The molecule has 0 saturated heterocycles. The summed E-state index contributed by atoms with van der Waals surface area (Å²) in [5, 5.41) is 8.71. The first-order chi connectivity index (χ1) is 9.81. The Morgan fingerprint density at radius 3 is 1.45 bits per heavy atom. The summed E-state index contributed by atoms with van der Waals surface area (Å²) in [7, 11) is 0. The standard InChI is InChI=1S/C19H40O/c1-3-4-5-6-7-8-10-13-16-19(2)17-14-11-9-12-15-18-20/h19-20H,3-18H2,1-2H3. The van der Waals surface area contributed by atoms with E-state index in [0.29, 0.717) is 6.61 Å². The molecule has 1 N–H and O–H groups in total. The SMILES string of the molecule is CCCCCCCCCCC(C)CCCCCCCO. The zero-order valence-electron chi connectivity index (χ0n) is 14.3. The Morgan fingerprint density at radius 2 is 1.00 bits per heavy atom. The first kappa shape index (κ1) is 20.0. The fraction of sp³-hybridized carbons (Fsp3) is 1.00. The molecule has 0 radical (unpaired) electrons. The van der Waals surface area contributed by atoms with Gasteiger partial charge in [0.05, 0.1) is 0 Å². The Bertz CT molecular complexity index is 167. The average molecular weight is 285 g/mol. The second kappa shape index (κ2) is 17.0. The van der Waals surface area contributed by atoms with E-state index in [4.69, 9.17) is 5.11 Å². The van der Waals surface area contributed by atoms with Crippen LogP contribution in [0.5, 0.6) is 0 Å². The van der Waals surface area contributed by atoms with Gasteiger partial charge < -0.3 is 5.11 Å². The summed E-state index contributed by atoms with van der Waals surface area (Å²) >= 11 is 0. The fourth-order valence-corrected chi connectivity index (χ4v) is 2.91. The van der Waals surface area contributed by atoms with Gasteiger partial charge in [0.2, 0.25) is 0 Å². The Morgan fingerprint density at radius 1 is 0.600 bits per heavy atom. The van der Waals surface area contributed by atoms with Crippen molar-refractivity contribution in [2.75, 3.05) is 6.61 Å². The van der Waals surface area contributed by atoms with Crippen LogP contribution in [0.2, 0.25) is 0 Å². The third kappa shape index (κ3) is 16.0. The predicted molar refractivity (Wildman–Crippen MR) is 91.2 cm³/mol. The maximum Gasteiger partial charge on any atom is 0.0431 e. The van der Waals surface area contributed by atoms with Crippen molar-refractivity contribution in [1.29, 1.82) is 0 Å². The Balaban J connectivity index is 3.10. The van der Waals surface area contributed by atoms with Gasteiger partial charge in [-0.2, -0.15) is 0 Å². The molecule has 0 aromatic heterocycles. The Labute approximate surface area is 128 Å². The van der Waals surface area contributed by atoms with E-state index >= 15 is 0 Å². The van der Waals surface area contributed by atoms with Crippen LogP contribution in [0.4, 0.5) is 0 Å². The molecule has 0 fully saturated rings. The minimum atomic E-state index is 0.370. The Kier molecular flexibility index (Phi) is 17.0. The van der Waals surface area contributed by atoms with Crippen LogP contribution in [0, 0.1) is 5.92 Å². The summed E-state index contributed by atoms with van der Waals surface area (Å²) in [6.07, 6.45) is 20.6. The van der Waals surface area contributed by atoms with Crippen molar-refractivity contribution >= 4 is 0 Å². The highest BCUT2D eigenvalue weighted by Crippen LogP contribution is 2.18. The fourth-order valence-electron chi connectivity index (χ4n) is 2.91. The molecule has 0 aromatic carbocycles. The lowest BCUT2D eigenvalue weighted by molar-refractivity contribution is 0.282. The molecule has 0 rings (SSSR count). The maximum atomic E-state index is 8.71. The topological polar surface area (TPSA) is 20.2 Å². The molecule has 1 unspecified atom stereocenters. The first-order valence-corrected chi connectivity index (χ1v) is 9.42. The van der Waals surface area contributed by atoms with Crippen LogP contribution in [0.3, 0.4) is 0 Å². The number of hydrogen-bond donors (Lipinski definition) is 1. The van der Waals surface area contributed by atoms with E-state index in [1.54, 1.807) is 0 Å². The van der Waals surface area contributed by atoms with Gasteiger partial charge in [-0.15, -0.1) is 0 Å². The number of hydrogen-bond acceptors (Lipinski definition) is 1. The number of aliphatic hydroxyl groups excluding tert-OH is 1. The highest BCUT2D eigenvalue weighted by atomic mass is 16.2. The normalized spacial score (nSPS) is 12.8. The predicted octanol–water partition coefficient (Wildman–Crippen LogP) is 6.49. The third-order valence-corrected chi connectivity index (χ3v) is 4.41. The van der Waals surface area contributed by atoms with E-state index in [0.717, 1.165) is 12.3 Å². The van der Waals surface area contributed by atoms with Crippen molar-refractivity contribution < 1.29 is 5.11 Å². The smallest absolute Gasteiger partial charge is 0.0431 e. The minimum Gasteiger partial charge on any atom is -0.396 e. The van der Waals surface area contributed by atoms with E-state index < -0.39 is 0 Å². The van der Waals surface area contributed by atoms with E-state index in [2.05, 4.69) is 13.8 Å². The Hall–Kier alpha value is -0.0400. The van der Waals surface area contributed by atoms with Gasteiger partial charge in [-0.05, 0) is 12.3 Å². The molecule has 122 valence electrons. The summed E-state index contributed by atoms with van der Waals surface area (Å²) in [6.45, 7) is 5.08. The molecule has 0 aliphatic rings. The van der Waals surface area contributed by atoms with Gasteiger partial charge in [-0.3, -0.25) is 0 Å². The quantitative estimate of drug-likeness (QED) is 0.321.